The van der Waals surface area contributed by atoms with E-state index in [2.05, 4.69) is 4.98 Å². The first-order valence-electron chi connectivity index (χ1n) is 3.46. The Morgan fingerprint density at radius 2 is 1.91 bits per heavy atom. The van der Waals surface area contributed by atoms with E-state index in [1.165, 1.54) is 0 Å². The van der Waals surface area contributed by atoms with Crippen LogP contribution >= 0.6 is 0 Å². The van der Waals surface area contributed by atoms with Crippen molar-refractivity contribution in [1.29, 1.82) is 0 Å². The van der Waals surface area contributed by atoms with Crippen LogP contribution in [0.15, 0.2) is 24.5 Å². The molecule has 0 N–H and O–H groups in total. The lowest BCUT2D eigenvalue weighted by molar-refractivity contribution is 0.517. The molecule has 0 aromatic carbocycles. The summed E-state index contributed by atoms with van der Waals surface area (Å²) in [7, 11) is 0. The molecule has 0 atom stereocenters. The van der Waals surface area contributed by atoms with E-state index in [-0.39, 0.29) is 0 Å². The number of hydrogen-bond acceptors (Lipinski definition) is 2. The van der Waals surface area contributed by atoms with Gasteiger partial charge in [0.15, 0.2) is 0 Å². The molecule has 1 radical (unpaired) electrons. The maximum atomic E-state index is 10.5. The van der Waals surface area contributed by atoms with E-state index in [4.69, 9.17) is 0 Å². The van der Waals surface area contributed by atoms with Crippen molar-refractivity contribution in [2.45, 2.75) is 19.3 Å². The zero-order valence-corrected chi connectivity index (χ0v) is 6.66. The lowest BCUT2D eigenvalue weighted by atomic mass is 9.87. The Balaban J connectivity index is 3.02. The predicted octanol–water partition coefficient (Wildman–Crippen LogP) is 1.47. The fraction of sp³-hybridized carbons (Fsp3) is 0.333. The third-order valence-electron chi connectivity index (χ3n) is 1.66. The molecular formula is C9H10NO. The molecule has 0 aliphatic heterocycles. The Bertz CT molecular complexity index is 241. The van der Waals surface area contributed by atoms with Crippen molar-refractivity contribution in [3.05, 3.63) is 30.1 Å². The van der Waals surface area contributed by atoms with Crippen molar-refractivity contribution in [3.63, 3.8) is 0 Å². The molecule has 0 spiro atoms. The highest BCUT2D eigenvalue weighted by Gasteiger charge is 2.19. The first-order valence-corrected chi connectivity index (χ1v) is 3.46. The van der Waals surface area contributed by atoms with Gasteiger partial charge in [-0.1, -0.05) is 0 Å². The van der Waals surface area contributed by atoms with E-state index in [1.807, 2.05) is 32.3 Å². The minimum atomic E-state index is -0.511. The summed E-state index contributed by atoms with van der Waals surface area (Å²) in [6.07, 6.45) is 5.33. The Morgan fingerprint density at radius 3 is 2.36 bits per heavy atom. The highest BCUT2D eigenvalue weighted by Crippen LogP contribution is 2.18. The average Bonchev–Trinajstić information content (AvgIpc) is 2.06. The number of hydrogen-bond donors (Lipinski definition) is 0. The molecule has 11 heavy (non-hydrogen) atoms. The van der Waals surface area contributed by atoms with Gasteiger partial charge in [0.1, 0.15) is 0 Å². The fourth-order valence-electron chi connectivity index (χ4n) is 0.828. The molecule has 0 unspecified atom stereocenters. The lowest BCUT2D eigenvalue weighted by Gasteiger charge is -2.14. The number of nitrogens with zero attached hydrogens (tertiary/aromatic N) is 1. The van der Waals surface area contributed by atoms with Gasteiger partial charge in [-0.2, -0.15) is 0 Å². The highest BCUT2D eigenvalue weighted by atomic mass is 16.1. The van der Waals surface area contributed by atoms with Crippen LogP contribution in [0, 0.1) is 0 Å². The van der Waals surface area contributed by atoms with E-state index in [9.17, 15) is 4.79 Å². The molecule has 1 aromatic rings. The summed E-state index contributed by atoms with van der Waals surface area (Å²) in [5, 5.41) is 0. The zero-order valence-electron chi connectivity index (χ0n) is 6.66. The first-order chi connectivity index (χ1) is 5.17. The molecule has 0 aliphatic rings. The number of aromatic nitrogens is 1. The SMILES string of the molecule is CC(C)([C]=O)c1ccncc1. The summed E-state index contributed by atoms with van der Waals surface area (Å²) >= 11 is 0. The molecule has 0 saturated carbocycles. The zero-order chi connectivity index (χ0) is 8.32. The van der Waals surface area contributed by atoms with Crippen molar-refractivity contribution < 1.29 is 4.79 Å². The van der Waals surface area contributed by atoms with Crippen LogP contribution < -0.4 is 0 Å². The van der Waals surface area contributed by atoms with Gasteiger partial charge in [-0.15, -0.1) is 0 Å². The minimum Gasteiger partial charge on any atom is -0.290 e. The topological polar surface area (TPSA) is 30.0 Å². The molecule has 0 saturated heterocycles. The number of carbonyl (C=O) groups excluding carboxylic acids is 1. The van der Waals surface area contributed by atoms with Crippen LogP contribution in [0.3, 0.4) is 0 Å². The normalized spacial score (nSPS) is 11.1. The molecule has 57 valence electrons. The Kier molecular flexibility index (Phi) is 2.03. The average molecular weight is 148 g/mol. The second-order valence-corrected chi connectivity index (χ2v) is 2.96. The highest BCUT2D eigenvalue weighted by molar-refractivity contribution is 5.67. The van der Waals surface area contributed by atoms with Crippen molar-refractivity contribution in [1.82, 2.24) is 4.98 Å². The van der Waals surface area contributed by atoms with Crippen LogP contribution in [-0.4, -0.2) is 11.3 Å². The van der Waals surface area contributed by atoms with Crippen LogP contribution in [0.1, 0.15) is 19.4 Å². The van der Waals surface area contributed by atoms with Gasteiger partial charge in [-0.3, -0.25) is 9.78 Å². The molecule has 0 bridgehead atoms. The molecule has 2 nitrogen and oxygen atoms in total. The van der Waals surface area contributed by atoms with E-state index in [0.29, 0.717) is 0 Å². The molecular weight excluding hydrogens is 138 g/mol. The van der Waals surface area contributed by atoms with Gasteiger partial charge in [-0.05, 0) is 31.5 Å². The largest absolute Gasteiger partial charge is 0.290 e. The van der Waals surface area contributed by atoms with Crippen molar-refractivity contribution in [2.24, 2.45) is 0 Å². The molecule has 0 amide bonds. The quantitative estimate of drug-likeness (QED) is 0.635. The Labute approximate surface area is 66.3 Å². The molecule has 0 fully saturated rings. The second-order valence-electron chi connectivity index (χ2n) is 2.96. The van der Waals surface area contributed by atoms with Gasteiger partial charge in [-0.25, -0.2) is 0 Å². The van der Waals surface area contributed by atoms with Crippen LogP contribution in [0.25, 0.3) is 0 Å². The molecule has 1 rings (SSSR count). The van der Waals surface area contributed by atoms with Crippen LogP contribution in [-0.2, 0) is 10.2 Å². The van der Waals surface area contributed by atoms with Gasteiger partial charge in [0.25, 0.3) is 0 Å². The van der Waals surface area contributed by atoms with Crippen LogP contribution in [0.5, 0.6) is 0 Å². The minimum absolute atomic E-state index is 0.511. The fourth-order valence-corrected chi connectivity index (χ4v) is 0.828. The van der Waals surface area contributed by atoms with Crippen molar-refractivity contribution in [2.75, 3.05) is 0 Å². The smallest absolute Gasteiger partial charge is 0.209 e. The second kappa shape index (κ2) is 2.82. The van der Waals surface area contributed by atoms with Crippen LogP contribution in [0.4, 0.5) is 0 Å². The van der Waals surface area contributed by atoms with Gasteiger partial charge in [0.2, 0.25) is 6.29 Å². The monoisotopic (exact) mass is 148 g/mol. The van der Waals surface area contributed by atoms with Gasteiger partial charge in [0, 0.05) is 12.4 Å². The molecule has 0 aliphatic carbocycles. The molecule has 1 aromatic heterocycles. The number of pyridine rings is 1. The summed E-state index contributed by atoms with van der Waals surface area (Å²) in [5.74, 6) is 0. The first kappa shape index (κ1) is 7.92. The summed E-state index contributed by atoms with van der Waals surface area (Å²) in [6.45, 7) is 3.66. The predicted molar refractivity (Wildman–Crippen MR) is 43.0 cm³/mol. The summed E-state index contributed by atoms with van der Waals surface area (Å²) in [6, 6.07) is 3.65. The van der Waals surface area contributed by atoms with E-state index < -0.39 is 5.41 Å². The third kappa shape index (κ3) is 1.64. The summed E-state index contributed by atoms with van der Waals surface area (Å²) < 4.78 is 0. The molecule has 1 heterocycles. The summed E-state index contributed by atoms with van der Waals surface area (Å²) in [4.78, 5) is 14.3. The maximum Gasteiger partial charge on any atom is 0.209 e. The van der Waals surface area contributed by atoms with Crippen molar-refractivity contribution in [3.8, 4) is 0 Å². The van der Waals surface area contributed by atoms with E-state index in [1.54, 1.807) is 12.4 Å². The third-order valence-corrected chi connectivity index (χ3v) is 1.66. The Hall–Kier alpha value is -1.18. The van der Waals surface area contributed by atoms with Gasteiger partial charge in [0.05, 0.1) is 5.41 Å². The standard InChI is InChI=1S/C9H10NO/c1-9(2,7-11)8-3-5-10-6-4-8/h3-6H,1-2H3. The van der Waals surface area contributed by atoms with Crippen LogP contribution in [0.2, 0.25) is 0 Å². The summed E-state index contributed by atoms with van der Waals surface area (Å²) in [5.41, 5.74) is 0.436. The van der Waals surface area contributed by atoms with E-state index >= 15 is 0 Å². The van der Waals surface area contributed by atoms with Gasteiger partial charge >= 0.3 is 0 Å². The Morgan fingerprint density at radius 1 is 1.36 bits per heavy atom. The van der Waals surface area contributed by atoms with Gasteiger partial charge < -0.3 is 0 Å². The molecule has 2 heteroatoms. The number of rotatable bonds is 2. The maximum absolute atomic E-state index is 10.5. The van der Waals surface area contributed by atoms with Crippen molar-refractivity contribution >= 4 is 6.29 Å². The lowest BCUT2D eigenvalue weighted by Crippen LogP contribution is -2.18. The van der Waals surface area contributed by atoms with E-state index in [0.717, 1.165) is 5.56 Å².